The highest BCUT2D eigenvalue weighted by Crippen LogP contribution is 2.21. The van der Waals surface area contributed by atoms with Crippen LogP contribution in [0.2, 0.25) is 0 Å². The Morgan fingerprint density at radius 2 is 2.24 bits per heavy atom. The smallest absolute Gasteiger partial charge is 0.255 e. The largest absolute Gasteiger partial charge is 0.339 e. The Kier molecular flexibility index (Phi) is 5.92. The van der Waals surface area contributed by atoms with Crippen molar-refractivity contribution in [3.63, 3.8) is 0 Å². The van der Waals surface area contributed by atoms with Crippen molar-refractivity contribution < 1.29 is 9.18 Å². The lowest BCUT2D eigenvalue weighted by atomic mass is 10.2. The van der Waals surface area contributed by atoms with Crippen LogP contribution in [0.15, 0.2) is 22.7 Å². The Bertz CT molecular complexity index is 400. The van der Waals surface area contributed by atoms with Gasteiger partial charge in [-0.15, -0.1) is 11.6 Å². The van der Waals surface area contributed by atoms with Crippen LogP contribution in [-0.2, 0) is 0 Å². The van der Waals surface area contributed by atoms with Gasteiger partial charge in [0, 0.05) is 19.0 Å². The summed E-state index contributed by atoms with van der Waals surface area (Å²) in [4.78, 5) is 13.8. The van der Waals surface area contributed by atoms with Gasteiger partial charge >= 0.3 is 0 Å². The van der Waals surface area contributed by atoms with Crippen LogP contribution >= 0.6 is 27.5 Å². The van der Waals surface area contributed by atoms with Crippen LogP contribution in [0.5, 0.6) is 0 Å². The molecule has 0 radical (unpaired) electrons. The molecular weight excluding hydrogens is 308 g/mol. The van der Waals surface area contributed by atoms with Crippen LogP contribution in [-0.4, -0.2) is 29.8 Å². The zero-order valence-electron chi connectivity index (χ0n) is 9.55. The van der Waals surface area contributed by atoms with E-state index in [9.17, 15) is 9.18 Å². The molecule has 5 heteroatoms. The second-order valence-electron chi connectivity index (χ2n) is 3.53. The lowest BCUT2D eigenvalue weighted by molar-refractivity contribution is 0.0763. The van der Waals surface area contributed by atoms with E-state index in [1.165, 1.54) is 12.1 Å². The van der Waals surface area contributed by atoms with Gasteiger partial charge in [-0.05, 0) is 41.4 Å². The molecule has 2 nitrogen and oxygen atoms in total. The van der Waals surface area contributed by atoms with Gasteiger partial charge < -0.3 is 4.90 Å². The second kappa shape index (κ2) is 6.97. The lowest BCUT2D eigenvalue weighted by Crippen LogP contribution is -2.32. The summed E-state index contributed by atoms with van der Waals surface area (Å²) in [7, 11) is 0. The fourth-order valence-corrected chi connectivity index (χ4v) is 2.05. The van der Waals surface area contributed by atoms with Crippen molar-refractivity contribution in [1.82, 2.24) is 4.90 Å². The monoisotopic (exact) mass is 321 g/mol. The predicted octanol–water partition coefficient (Wildman–Crippen LogP) is 3.68. The summed E-state index contributed by atoms with van der Waals surface area (Å²) < 4.78 is 13.5. The maximum absolute atomic E-state index is 13.3. The molecule has 0 fully saturated rings. The molecule has 1 amide bonds. The Morgan fingerprint density at radius 1 is 1.53 bits per heavy atom. The third-order valence-corrected chi connectivity index (χ3v) is 3.49. The molecule has 94 valence electrons. The van der Waals surface area contributed by atoms with Gasteiger partial charge in [-0.2, -0.15) is 0 Å². The van der Waals surface area contributed by atoms with Gasteiger partial charge in [-0.25, -0.2) is 4.39 Å². The van der Waals surface area contributed by atoms with Crippen molar-refractivity contribution in [3.8, 4) is 0 Å². The summed E-state index contributed by atoms with van der Waals surface area (Å²) in [5.41, 5.74) is 0.349. The molecule has 1 rings (SSSR count). The standard InChI is InChI=1S/C12H14BrClFNO/c1-2-16(8-4-7-14)12(17)9-5-3-6-10(15)11(9)13/h3,5-6H,2,4,7-8H2,1H3. The first-order valence-electron chi connectivity index (χ1n) is 5.41. The van der Waals surface area contributed by atoms with Crippen molar-refractivity contribution >= 4 is 33.4 Å². The number of carbonyl (C=O) groups is 1. The molecule has 0 unspecified atom stereocenters. The molecule has 0 atom stereocenters. The number of halogens is 3. The summed E-state index contributed by atoms with van der Waals surface area (Å²) in [6.07, 6.45) is 0.730. The molecule has 17 heavy (non-hydrogen) atoms. The third kappa shape index (κ3) is 3.68. The van der Waals surface area contributed by atoms with E-state index in [0.29, 0.717) is 24.5 Å². The van der Waals surface area contributed by atoms with E-state index in [-0.39, 0.29) is 10.4 Å². The average molecular weight is 323 g/mol. The minimum absolute atomic E-state index is 0.177. The molecule has 1 aromatic carbocycles. The number of amides is 1. The van der Waals surface area contributed by atoms with Crippen LogP contribution in [0, 0.1) is 5.82 Å². The number of alkyl halides is 1. The highest BCUT2D eigenvalue weighted by Gasteiger charge is 2.18. The molecule has 0 aliphatic rings. The first-order chi connectivity index (χ1) is 8.11. The zero-order chi connectivity index (χ0) is 12.8. The fraction of sp³-hybridized carbons (Fsp3) is 0.417. The van der Waals surface area contributed by atoms with Gasteiger partial charge in [-0.3, -0.25) is 4.79 Å². The van der Waals surface area contributed by atoms with Crippen molar-refractivity contribution in [1.29, 1.82) is 0 Å². The SMILES string of the molecule is CCN(CCCCl)C(=O)c1cccc(F)c1Br. The molecule has 0 aliphatic heterocycles. The van der Waals surface area contributed by atoms with E-state index in [2.05, 4.69) is 15.9 Å². The number of hydrogen-bond donors (Lipinski definition) is 0. The Hall–Kier alpha value is -0.610. The topological polar surface area (TPSA) is 20.3 Å². The first-order valence-corrected chi connectivity index (χ1v) is 6.73. The van der Waals surface area contributed by atoms with Crippen LogP contribution in [0.3, 0.4) is 0 Å². The molecule has 0 aromatic heterocycles. The predicted molar refractivity (Wildman–Crippen MR) is 71.0 cm³/mol. The summed E-state index contributed by atoms with van der Waals surface area (Å²) in [5.74, 6) is -0.0954. The Balaban J connectivity index is 2.90. The highest BCUT2D eigenvalue weighted by atomic mass is 79.9. The minimum Gasteiger partial charge on any atom is -0.339 e. The Morgan fingerprint density at radius 3 is 2.82 bits per heavy atom. The van der Waals surface area contributed by atoms with Gasteiger partial charge in [0.15, 0.2) is 0 Å². The summed E-state index contributed by atoms with van der Waals surface area (Å²) in [6.45, 7) is 3.06. The maximum Gasteiger partial charge on any atom is 0.255 e. The van der Waals surface area contributed by atoms with Gasteiger partial charge in [-0.1, -0.05) is 6.07 Å². The maximum atomic E-state index is 13.3. The van der Waals surface area contributed by atoms with Crippen LogP contribution < -0.4 is 0 Å². The van der Waals surface area contributed by atoms with E-state index in [4.69, 9.17) is 11.6 Å². The molecular formula is C12H14BrClFNO. The Labute approximate surface area is 114 Å². The molecule has 0 spiro atoms. The molecule has 0 saturated heterocycles. The van der Waals surface area contributed by atoms with E-state index in [0.717, 1.165) is 6.42 Å². The zero-order valence-corrected chi connectivity index (χ0v) is 11.9. The van der Waals surface area contributed by atoms with Gasteiger partial charge in [0.1, 0.15) is 5.82 Å². The molecule has 0 bridgehead atoms. The minimum atomic E-state index is -0.427. The number of hydrogen-bond acceptors (Lipinski definition) is 1. The van der Waals surface area contributed by atoms with E-state index in [1.807, 2.05) is 6.92 Å². The average Bonchev–Trinajstić information content (AvgIpc) is 2.33. The number of nitrogens with zero attached hydrogens (tertiary/aromatic N) is 1. The second-order valence-corrected chi connectivity index (χ2v) is 4.70. The van der Waals surface area contributed by atoms with Gasteiger partial charge in [0.05, 0.1) is 10.0 Å². The van der Waals surface area contributed by atoms with Crippen molar-refractivity contribution in [2.75, 3.05) is 19.0 Å². The molecule has 0 aliphatic carbocycles. The summed E-state index contributed by atoms with van der Waals surface area (Å²) >= 11 is 8.70. The summed E-state index contributed by atoms with van der Waals surface area (Å²) in [5, 5.41) is 0. The normalized spacial score (nSPS) is 10.4. The van der Waals surface area contributed by atoms with E-state index in [1.54, 1.807) is 11.0 Å². The quantitative estimate of drug-likeness (QED) is 0.757. The van der Waals surface area contributed by atoms with Crippen LogP contribution in [0.1, 0.15) is 23.7 Å². The first kappa shape index (κ1) is 14.5. The molecule has 0 heterocycles. The van der Waals surface area contributed by atoms with E-state index >= 15 is 0 Å². The van der Waals surface area contributed by atoms with Crippen molar-refractivity contribution in [2.24, 2.45) is 0 Å². The highest BCUT2D eigenvalue weighted by molar-refractivity contribution is 9.10. The van der Waals surface area contributed by atoms with E-state index < -0.39 is 5.82 Å². The lowest BCUT2D eigenvalue weighted by Gasteiger charge is -2.21. The molecule has 0 saturated carbocycles. The van der Waals surface area contributed by atoms with Crippen LogP contribution in [0.4, 0.5) is 4.39 Å². The number of carbonyl (C=O) groups excluding carboxylic acids is 1. The van der Waals surface area contributed by atoms with Gasteiger partial charge in [0.25, 0.3) is 5.91 Å². The van der Waals surface area contributed by atoms with Crippen molar-refractivity contribution in [3.05, 3.63) is 34.1 Å². The van der Waals surface area contributed by atoms with Crippen LogP contribution in [0.25, 0.3) is 0 Å². The molecule has 1 aromatic rings. The van der Waals surface area contributed by atoms with Gasteiger partial charge in [0.2, 0.25) is 0 Å². The molecule has 0 N–H and O–H groups in total. The number of rotatable bonds is 5. The fourth-order valence-electron chi connectivity index (χ4n) is 1.49. The summed E-state index contributed by atoms with van der Waals surface area (Å²) in [6, 6.07) is 4.46. The van der Waals surface area contributed by atoms with Crippen molar-refractivity contribution in [2.45, 2.75) is 13.3 Å². The number of benzene rings is 1. The third-order valence-electron chi connectivity index (χ3n) is 2.41.